The monoisotopic (exact) mass is 306 g/mol. The van der Waals surface area contributed by atoms with E-state index in [2.05, 4.69) is 0 Å². The Morgan fingerprint density at radius 2 is 1.79 bits per heavy atom. The van der Waals surface area contributed by atoms with Crippen LogP contribution in [-0.4, -0.2) is 10.4 Å². The summed E-state index contributed by atoms with van der Waals surface area (Å²) >= 11 is 5.87. The number of benzene rings is 1. The standard InChI is InChI=1S/C13H13ClF2O2S/c1-3-7(4-2)13(18)19-11-5-8(12(14)17)9(15)6-10(11)16/h5-7H,3-4H2,1-2H3. The van der Waals surface area contributed by atoms with E-state index in [1.807, 2.05) is 13.8 Å². The van der Waals surface area contributed by atoms with Crippen molar-refractivity contribution in [3.8, 4) is 0 Å². The molecule has 0 unspecified atom stereocenters. The number of halogens is 3. The first kappa shape index (κ1) is 16.1. The van der Waals surface area contributed by atoms with E-state index in [-0.39, 0.29) is 15.9 Å². The van der Waals surface area contributed by atoms with Gasteiger partial charge in [-0.1, -0.05) is 13.8 Å². The largest absolute Gasteiger partial charge is 0.287 e. The highest BCUT2D eigenvalue weighted by atomic mass is 35.5. The van der Waals surface area contributed by atoms with Crippen molar-refractivity contribution in [1.82, 2.24) is 0 Å². The van der Waals surface area contributed by atoms with Gasteiger partial charge in [-0.15, -0.1) is 0 Å². The van der Waals surface area contributed by atoms with Gasteiger partial charge < -0.3 is 0 Å². The molecule has 0 aromatic heterocycles. The molecule has 0 amide bonds. The summed E-state index contributed by atoms with van der Waals surface area (Å²) < 4.78 is 26.8. The summed E-state index contributed by atoms with van der Waals surface area (Å²) in [7, 11) is 0. The Bertz CT molecular complexity index is 502. The van der Waals surface area contributed by atoms with Gasteiger partial charge in [-0.2, -0.15) is 0 Å². The zero-order valence-electron chi connectivity index (χ0n) is 10.5. The van der Waals surface area contributed by atoms with Gasteiger partial charge in [0.25, 0.3) is 5.24 Å². The first-order valence-electron chi connectivity index (χ1n) is 5.81. The van der Waals surface area contributed by atoms with E-state index in [1.54, 1.807) is 0 Å². The number of hydrogen-bond acceptors (Lipinski definition) is 3. The summed E-state index contributed by atoms with van der Waals surface area (Å²) in [5.74, 6) is -2.09. The molecule has 6 heteroatoms. The summed E-state index contributed by atoms with van der Waals surface area (Å²) in [6.45, 7) is 3.72. The smallest absolute Gasteiger partial charge is 0.255 e. The zero-order valence-corrected chi connectivity index (χ0v) is 12.1. The van der Waals surface area contributed by atoms with Crippen LogP contribution in [0, 0.1) is 17.6 Å². The predicted octanol–water partition coefficient (Wildman–Crippen LogP) is 4.40. The van der Waals surface area contributed by atoms with Crippen LogP contribution in [0.15, 0.2) is 17.0 Å². The van der Waals surface area contributed by atoms with Crippen LogP contribution in [0.25, 0.3) is 0 Å². The molecule has 0 atom stereocenters. The third-order valence-corrected chi connectivity index (χ3v) is 4.03. The van der Waals surface area contributed by atoms with Crippen molar-refractivity contribution in [2.75, 3.05) is 0 Å². The molecule has 0 saturated heterocycles. The van der Waals surface area contributed by atoms with Crippen LogP contribution >= 0.6 is 23.4 Å². The van der Waals surface area contributed by atoms with Crippen LogP contribution in [0.2, 0.25) is 0 Å². The predicted molar refractivity (Wildman–Crippen MR) is 71.5 cm³/mol. The second-order valence-electron chi connectivity index (χ2n) is 3.97. The van der Waals surface area contributed by atoms with E-state index in [1.165, 1.54) is 0 Å². The third kappa shape index (κ3) is 4.01. The highest BCUT2D eigenvalue weighted by molar-refractivity contribution is 8.13. The molecule has 0 bridgehead atoms. The minimum absolute atomic E-state index is 0.0812. The Morgan fingerprint density at radius 1 is 1.21 bits per heavy atom. The van der Waals surface area contributed by atoms with E-state index < -0.39 is 22.4 Å². The van der Waals surface area contributed by atoms with Crippen molar-refractivity contribution >= 4 is 33.7 Å². The molecule has 0 radical (unpaired) electrons. The Morgan fingerprint density at radius 3 is 2.26 bits per heavy atom. The summed E-state index contributed by atoms with van der Waals surface area (Å²) in [5.41, 5.74) is -0.428. The number of thioether (sulfide) groups is 1. The second kappa shape index (κ2) is 7.01. The molecule has 1 rings (SSSR count). The minimum atomic E-state index is -1.03. The van der Waals surface area contributed by atoms with Gasteiger partial charge in [0.05, 0.1) is 10.5 Å². The van der Waals surface area contributed by atoms with Crippen LogP contribution in [0.3, 0.4) is 0 Å². The van der Waals surface area contributed by atoms with Gasteiger partial charge >= 0.3 is 0 Å². The van der Waals surface area contributed by atoms with Gasteiger partial charge in [-0.25, -0.2) is 8.78 Å². The van der Waals surface area contributed by atoms with Gasteiger partial charge in [0.2, 0.25) is 0 Å². The summed E-state index contributed by atoms with van der Waals surface area (Å²) in [5, 5.41) is -1.22. The number of carbonyl (C=O) groups is 2. The first-order valence-corrected chi connectivity index (χ1v) is 7.00. The molecular formula is C13H13ClF2O2S. The summed E-state index contributed by atoms with van der Waals surface area (Å²) in [6, 6.07) is 1.54. The quantitative estimate of drug-likeness (QED) is 0.597. The maximum atomic E-state index is 13.6. The van der Waals surface area contributed by atoms with E-state index in [0.717, 1.165) is 6.07 Å². The Hall–Kier alpha value is -0.940. The first-order chi connectivity index (χ1) is 8.90. The van der Waals surface area contributed by atoms with E-state index in [0.29, 0.717) is 30.7 Å². The van der Waals surface area contributed by atoms with Crippen LogP contribution in [0.4, 0.5) is 8.78 Å². The molecular weight excluding hydrogens is 294 g/mol. The number of rotatable bonds is 5. The molecule has 0 fully saturated rings. The van der Waals surface area contributed by atoms with Crippen molar-refractivity contribution in [1.29, 1.82) is 0 Å². The minimum Gasteiger partial charge on any atom is -0.287 e. The van der Waals surface area contributed by atoms with E-state index in [9.17, 15) is 18.4 Å². The second-order valence-corrected chi connectivity index (χ2v) is 5.36. The van der Waals surface area contributed by atoms with Crippen LogP contribution in [0.5, 0.6) is 0 Å². The Balaban J connectivity index is 3.04. The van der Waals surface area contributed by atoms with Crippen molar-refractivity contribution in [2.45, 2.75) is 31.6 Å². The van der Waals surface area contributed by atoms with Crippen LogP contribution < -0.4 is 0 Å². The molecule has 0 aliphatic heterocycles. The van der Waals surface area contributed by atoms with Gasteiger partial charge in [0.15, 0.2) is 5.12 Å². The lowest BCUT2D eigenvalue weighted by Crippen LogP contribution is -2.09. The van der Waals surface area contributed by atoms with Gasteiger partial charge in [0, 0.05) is 12.0 Å². The van der Waals surface area contributed by atoms with Crippen LogP contribution in [-0.2, 0) is 4.79 Å². The fraction of sp³-hybridized carbons (Fsp3) is 0.385. The molecule has 0 spiro atoms. The highest BCUT2D eigenvalue weighted by Crippen LogP contribution is 2.30. The average Bonchev–Trinajstić information content (AvgIpc) is 2.33. The fourth-order valence-corrected chi connectivity index (χ4v) is 2.77. The summed E-state index contributed by atoms with van der Waals surface area (Å²) in [6.07, 6.45) is 1.29. The maximum Gasteiger partial charge on any atom is 0.255 e. The molecule has 1 aromatic rings. The molecule has 0 saturated carbocycles. The Labute approximate surface area is 119 Å². The molecule has 0 heterocycles. The van der Waals surface area contributed by atoms with Crippen molar-refractivity contribution in [3.63, 3.8) is 0 Å². The van der Waals surface area contributed by atoms with Crippen molar-refractivity contribution < 1.29 is 18.4 Å². The lowest BCUT2D eigenvalue weighted by Gasteiger charge is -2.11. The third-order valence-electron chi connectivity index (χ3n) is 2.76. The lowest BCUT2D eigenvalue weighted by atomic mass is 10.1. The SMILES string of the molecule is CCC(CC)C(=O)Sc1cc(C(=O)Cl)c(F)cc1F. The van der Waals surface area contributed by atoms with Crippen LogP contribution in [0.1, 0.15) is 37.0 Å². The lowest BCUT2D eigenvalue weighted by molar-refractivity contribution is -0.114. The molecule has 0 aliphatic rings. The number of hydrogen-bond donors (Lipinski definition) is 0. The molecule has 19 heavy (non-hydrogen) atoms. The topological polar surface area (TPSA) is 34.1 Å². The van der Waals surface area contributed by atoms with Gasteiger partial charge in [0.1, 0.15) is 11.6 Å². The van der Waals surface area contributed by atoms with Crippen molar-refractivity contribution in [2.24, 2.45) is 5.92 Å². The molecule has 104 valence electrons. The molecule has 1 aromatic carbocycles. The normalized spacial score (nSPS) is 10.8. The molecule has 0 N–H and O–H groups in total. The molecule has 0 aliphatic carbocycles. The van der Waals surface area contributed by atoms with Gasteiger partial charge in [-0.05, 0) is 42.3 Å². The highest BCUT2D eigenvalue weighted by Gasteiger charge is 2.20. The van der Waals surface area contributed by atoms with Crippen molar-refractivity contribution in [3.05, 3.63) is 29.3 Å². The van der Waals surface area contributed by atoms with E-state index in [4.69, 9.17) is 11.6 Å². The average molecular weight is 307 g/mol. The summed E-state index contributed by atoms with van der Waals surface area (Å²) in [4.78, 5) is 22.8. The van der Waals surface area contributed by atoms with E-state index >= 15 is 0 Å². The molecule has 2 nitrogen and oxygen atoms in total. The Kier molecular flexibility index (Phi) is 5.94. The number of carbonyl (C=O) groups excluding carboxylic acids is 2. The fourth-order valence-electron chi connectivity index (χ4n) is 1.57. The maximum absolute atomic E-state index is 13.6. The van der Waals surface area contributed by atoms with Gasteiger partial charge in [-0.3, -0.25) is 9.59 Å². The zero-order chi connectivity index (χ0) is 14.6.